The highest BCUT2D eigenvalue weighted by Crippen LogP contribution is 2.19. The zero-order valence-corrected chi connectivity index (χ0v) is 15.9. The molecule has 0 aromatic heterocycles. The van der Waals surface area contributed by atoms with Crippen LogP contribution in [0.4, 0.5) is 4.79 Å². The second-order valence-corrected chi connectivity index (χ2v) is 6.72. The number of ether oxygens (including phenoxy) is 1. The minimum atomic E-state index is -1.20. The minimum absolute atomic E-state index is 0.0267. The van der Waals surface area contributed by atoms with Crippen molar-refractivity contribution in [1.82, 2.24) is 10.2 Å². The van der Waals surface area contributed by atoms with Gasteiger partial charge in [0.25, 0.3) is 0 Å². The Kier molecular flexibility index (Phi) is 7.98. The molecule has 0 unspecified atom stereocenters. The zero-order valence-electron chi connectivity index (χ0n) is 15.9. The smallest absolute Gasteiger partial charge is 0.410 e. The number of nitrogens with zero attached hydrogens (tertiary/aromatic N) is 1. The van der Waals surface area contributed by atoms with Gasteiger partial charge in [-0.1, -0.05) is 37.3 Å². The Balaban J connectivity index is 1.92. The monoisotopic (exact) mass is 390 g/mol. The molecule has 1 heterocycles. The van der Waals surface area contributed by atoms with E-state index < -0.39 is 30.1 Å². The number of carboxylic acid groups (broad SMARTS) is 1. The zero-order chi connectivity index (χ0) is 20.5. The van der Waals surface area contributed by atoms with E-state index in [-0.39, 0.29) is 25.2 Å². The van der Waals surface area contributed by atoms with E-state index in [0.717, 1.165) is 5.56 Å². The summed E-state index contributed by atoms with van der Waals surface area (Å²) in [6.07, 6.45) is 0.899. The Labute approximate surface area is 163 Å². The number of hydrogen-bond acceptors (Lipinski definition) is 5. The van der Waals surface area contributed by atoms with Gasteiger partial charge in [-0.15, -0.1) is 0 Å². The molecule has 28 heavy (non-hydrogen) atoms. The number of hydrogen-bond donors (Lipinski definition) is 2. The Morgan fingerprint density at radius 1 is 1.25 bits per heavy atom. The first-order valence-corrected chi connectivity index (χ1v) is 9.44. The van der Waals surface area contributed by atoms with Crippen LogP contribution in [-0.4, -0.2) is 52.4 Å². The molecule has 2 atom stereocenters. The first-order valence-electron chi connectivity index (χ1n) is 9.44. The summed E-state index contributed by atoms with van der Waals surface area (Å²) < 4.78 is 5.28. The second kappa shape index (κ2) is 10.4. The molecule has 0 saturated carbocycles. The van der Waals surface area contributed by atoms with Crippen molar-refractivity contribution in [3.63, 3.8) is 0 Å². The third kappa shape index (κ3) is 6.07. The molecule has 0 bridgehead atoms. The lowest BCUT2D eigenvalue weighted by atomic mass is 10.1. The average molecular weight is 390 g/mol. The third-order valence-electron chi connectivity index (χ3n) is 4.72. The van der Waals surface area contributed by atoms with E-state index in [9.17, 15) is 24.3 Å². The Hall–Kier alpha value is -2.90. The maximum Gasteiger partial charge on any atom is 0.410 e. The summed E-state index contributed by atoms with van der Waals surface area (Å²) in [6, 6.07) is 7.26. The predicted octanol–water partition coefficient (Wildman–Crippen LogP) is 2.12. The Morgan fingerprint density at radius 3 is 2.61 bits per heavy atom. The van der Waals surface area contributed by atoms with E-state index in [0.29, 0.717) is 25.8 Å². The van der Waals surface area contributed by atoms with Gasteiger partial charge in [-0.3, -0.25) is 14.5 Å². The van der Waals surface area contributed by atoms with Crippen molar-refractivity contribution in [2.24, 2.45) is 0 Å². The number of nitrogens with one attached hydrogen (secondary N) is 1. The third-order valence-corrected chi connectivity index (χ3v) is 4.72. The van der Waals surface area contributed by atoms with Crippen LogP contribution in [-0.2, 0) is 25.7 Å². The molecule has 1 aliphatic heterocycles. The fourth-order valence-corrected chi connectivity index (χ4v) is 3.07. The fraction of sp³-hybridized carbons (Fsp3) is 0.500. The van der Waals surface area contributed by atoms with Crippen LogP contribution in [0, 0.1) is 0 Å². The lowest BCUT2D eigenvalue weighted by Crippen LogP contribution is -2.51. The van der Waals surface area contributed by atoms with Crippen LogP contribution in [0.1, 0.15) is 44.6 Å². The predicted molar refractivity (Wildman–Crippen MR) is 100 cm³/mol. The fourth-order valence-electron chi connectivity index (χ4n) is 3.07. The molecule has 8 nitrogen and oxygen atoms in total. The van der Waals surface area contributed by atoms with Gasteiger partial charge in [-0.2, -0.15) is 0 Å². The summed E-state index contributed by atoms with van der Waals surface area (Å²) in [6.45, 7) is 2.17. The van der Waals surface area contributed by atoms with Gasteiger partial charge in [0, 0.05) is 19.4 Å². The van der Waals surface area contributed by atoms with Crippen molar-refractivity contribution in [3.05, 3.63) is 35.9 Å². The van der Waals surface area contributed by atoms with Crippen molar-refractivity contribution >= 4 is 23.8 Å². The maximum atomic E-state index is 12.6. The van der Waals surface area contributed by atoms with Crippen LogP contribution >= 0.6 is 0 Å². The molecule has 0 radical (unpaired) electrons. The average Bonchev–Trinajstić information content (AvgIpc) is 3.19. The van der Waals surface area contributed by atoms with Gasteiger partial charge in [-0.25, -0.2) is 9.59 Å². The van der Waals surface area contributed by atoms with Crippen molar-refractivity contribution in [3.8, 4) is 0 Å². The van der Waals surface area contributed by atoms with E-state index in [4.69, 9.17) is 4.74 Å². The highest BCUT2D eigenvalue weighted by molar-refractivity contribution is 5.90. The largest absolute Gasteiger partial charge is 0.480 e. The topological polar surface area (TPSA) is 113 Å². The van der Waals surface area contributed by atoms with Crippen LogP contribution in [0.25, 0.3) is 0 Å². The molecule has 8 heteroatoms. The number of amides is 2. The number of rotatable bonds is 9. The molecule has 1 aromatic carbocycles. The molecule has 2 rings (SSSR count). The molecule has 1 aromatic rings. The number of Topliss-reactive ketones (excluding diaryl/α,β-unsaturated/α-hetero) is 1. The summed E-state index contributed by atoms with van der Waals surface area (Å²) in [7, 11) is 0. The molecule has 2 N–H and O–H groups in total. The van der Waals surface area contributed by atoms with E-state index in [1.165, 1.54) is 4.90 Å². The van der Waals surface area contributed by atoms with E-state index >= 15 is 0 Å². The number of benzene rings is 1. The van der Waals surface area contributed by atoms with Gasteiger partial charge in [0.05, 0.1) is 0 Å². The van der Waals surface area contributed by atoms with Gasteiger partial charge in [0.15, 0.2) is 0 Å². The first-order chi connectivity index (χ1) is 13.4. The first kappa shape index (κ1) is 21.4. The van der Waals surface area contributed by atoms with Crippen LogP contribution in [0.3, 0.4) is 0 Å². The normalized spacial score (nSPS) is 17.0. The molecule has 2 amide bonds. The summed E-state index contributed by atoms with van der Waals surface area (Å²) in [5.41, 5.74) is 0.836. The number of ketones is 1. The molecule has 0 spiro atoms. The van der Waals surface area contributed by atoms with Crippen molar-refractivity contribution in [2.45, 2.75) is 57.7 Å². The molecular weight excluding hydrogens is 364 g/mol. The highest BCUT2D eigenvalue weighted by Gasteiger charge is 2.36. The van der Waals surface area contributed by atoms with Gasteiger partial charge in [0.2, 0.25) is 5.91 Å². The van der Waals surface area contributed by atoms with Crippen molar-refractivity contribution in [2.75, 3.05) is 6.54 Å². The standard InChI is InChI=1S/C20H26N2O6/c1-2-15(23)10-11-16(19(25)26)21-18(24)17-9-6-12-22(17)20(27)28-13-14-7-4-3-5-8-14/h3-5,7-8,16-17H,2,6,9-13H2,1H3,(H,21,24)(H,25,26)/t16-,17+/m0/s1. The van der Waals surface area contributed by atoms with E-state index in [1.807, 2.05) is 30.3 Å². The Bertz CT molecular complexity index is 706. The van der Waals surface area contributed by atoms with E-state index in [2.05, 4.69) is 5.32 Å². The molecule has 1 fully saturated rings. The minimum Gasteiger partial charge on any atom is -0.480 e. The van der Waals surface area contributed by atoms with Crippen molar-refractivity contribution in [1.29, 1.82) is 0 Å². The lowest BCUT2D eigenvalue weighted by Gasteiger charge is -2.25. The number of likely N-dealkylation sites (tertiary alicyclic amines) is 1. The lowest BCUT2D eigenvalue weighted by molar-refractivity contribution is -0.142. The number of carbonyl (C=O) groups is 4. The van der Waals surface area contributed by atoms with Gasteiger partial charge in [-0.05, 0) is 24.8 Å². The van der Waals surface area contributed by atoms with Gasteiger partial charge >= 0.3 is 12.1 Å². The quantitative estimate of drug-likeness (QED) is 0.668. The van der Waals surface area contributed by atoms with Gasteiger partial charge < -0.3 is 15.2 Å². The van der Waals surface area contributed by atoms with Gasteiger partial charge in [0.1, 0.15) is 24.5 Å². The summed E-state index contributed by atoms with van der Waals surface area (Å²) in [4.78, 5) is 49.1. The van der Waals surface area contributed by atoms with Crippen LogP contribution < -0.4 is 5.32 Å². The molecule has 152 valence electrons. The maximum absolute atomic E-state index is 12.6. The van der Waals surface area contributed by atoms with Crippen molar-refractivity contribution < 1.29 is 29.0 Å². The second-order valence-electron chi connectivity index (χ2n) is 6.72. The molecule has 1 saturated heterocycles. The molecule has 1 aliphatic rings. The number of carboxylic acids is 1. The van der Waals surface area contributed by atoms with E-state index in [1.54, 1.807) is 6.92 Å². The SMILES string of the molecule is CCC(=O)CC[C@H](NC(=O)[C@H]1CCCN1C(=O)OCc1ccccc1)C(=O)O. The summed E-state index contributed by atoms with van der Waals surface area (Å²) >= 11 is 0. The number of aliphatic carboxylic acids is 1. The van der Waals surface area contributed by atoms with Crippen LogP contribution in [0.2, 0.25) is 0 Å². The summed E-state index contributed by atoms with van der Waals surface area (Å²) in [5, 5.41) is 11.8. The summed E-state index contributed by atoms with van der Waals surface area (Å²) in [5.74, 6) is -1.80. The molecular formula is C20H26N2O6. The Morgan fingerprint density at radius 2 is 1.96 bits per heavy atom. The number of carbonyl (C=O) groups excluding carboxylic acids is 3. The molecule has 0 aliphatic carbocycles. The van der Waals surface area contributed by atoms with Crippen LogP contribution in [0.5, 0.6) is 0 Å². The highest BCUT2D eigenvalue weighted by atomic mass is 16.6. The van der Waals surface area contributed by atoms with Crippen LogP contribution in [0.15, 0.2) is 30.3 Å².